The van der Waals surface area contributed by atoms with Crippen LogP contribution in [0.3, 0.4) is 0 Å². The van der Waals surface area contributed by atoms with Crippen molar-refractivity contribution in [1.82, 2.24) is 5.32 Å². The third-order valence-electron chi connectivity index (χ3n) is 1.61. The molecule has 0 fully saturated rings. The highest BCUT2D eigenvalue weighted by Crippen LogP contribution is 1.99. The van der Waals surface area contributed by atoms with Crippen molar-refractivity contribution in [2.45, 2.75) is 6.92 Å². The molecule has 1 rings (SSSR count). The number of carbonyl (C=O) groups is 1. The summed E-state index contributed by atoms with van der Waals surface area (Å²) < 4.78 is 0. The first-order valence-electron chi connectivity index (χ1n) is 4.34. The molecule has 0 amide bonds. The van der Waals surface area contributed by atoms with Crippen molar-refractivity contribution >= 4 is 5.78 Å². The Morgan fingerprint density at radius 1 is 1.38 bits per heavy atom. The van der Waals surface area contributed by atoms with Gasteiger partial charge in [0.1, 0.15) is 0 Å². The molecular formula is C11H13NO. The summed E-state index contributed by atoms with van der Waals surface area (Å²) in [7, 11) is 0. The molecule has 0 saturated carbocycles. The van der Waals surface area contributed by atoms with Crippen LogP contribution in [-0.2, 0) is 0 Å². The van der Waals surface area contributed by atoms with Crippen LogP contribution < -0.4 is 5.32 Å². The Labute approximate surface area is 78.3 Å². The highest BCUT2D eigenvalue weighted by molar-refractivity contribution is 6.04. The van der Waals surface area contributed by atoms with Crippen molar-refractivity contribution in [2.24, 2.45) is 0 Å². The molecule has 68 valence electrons. The summed E-state index contributed by atoms with van der Waals surface area (Å²) >= 11 is 0. The van der Waals surface area contributed by atoms with Gasteiger partial charge in [0.2, 0.25) is 0 Å². The summed E-state index contributed by atoms with van der Waals surface area (Å²) in [5, 5.41) is 2.95. The summed E-state index contributed by atoms with van der Waals surface area (Å²) in [6.45, 7) is 2.82. The van der Waals surface area contributed by atoms with Crippen LogP contribution in [0.4, 0.5) is 0 Å². The smallest absolute Gasteiger partial charge is 0.187 e. The number of ketones is 1. The molecule has 0 heterocycles. The molecule has 0 radical (unpaired) electrons. The number of hydrogen-bond acceptors (Lipinski definition) is 2. The van der Waals surface area contributed by atoms with Crippen molar-refractivity contribution < 1.29 is 4.79 Å². The van der Waals surface area contributed by atoms with E-state index >= 15 is 0 Å². The van der Waals surface area contributed by atoms with Crippen LogP contribution in [0.15, 0.2) is 42.6 Å². The van der Waals surface area contributed by atoms with Crippen LogP contribution in [0.25, 0.3) is 0 Å². The first kappa shape index (κ1) is 9.52. The highest BCUT2D eigenvalue weighted by Gasteiger charge is 1.97. The maximum Gasteiger partial charge on any atom is 0.187 e. The van der Waals surface area contributed by atoms with Crippen molar-refractivity contribution in [3.63, 3.8) is 0 Å². The van der Waals surface area contributed by atoms with Crippen molar-refractivity contribution in [3.05, 3.63) is 48.2 Å². The van der Waals surface area contributed by atoms with E-state index in [2.05, 4.69) is 5.32 Å². The third kappa shape index (κ3) is 3.11. The molecule has 1 N–H and O–H groups in total. The molecular weight excluding hydrogens is 162 g/mol. The Morgan fingerprint density at radius 3 is 2.69 bits per heavy atom. The molecule has 1 aromatic carbocycles. The van der Waals surface area contributed by atoms with E-state index < -0.39 is 0 Å². The van der Waals surface area contributed by atoms with Crippen LogP contribution in [0.5, 0.6) is 0 Å². The first-order chi connectivity index (χ1) is 6.34. The maximum absolute atomic E-state index is 11.4. The van der Waals surface area contributed by atoms with Gasteiger partial charge in [-0.2, -0.15) is 0 Å². The number of nitrogens with one attached hydrogen (secondary N) is 1. The number of benzene rings is 1. The van der Waals surface area contributed by atoms with Crippen molar-refractivity contribution in [3.8, 4) is 0 Å². The van der Waals surface area contributed by atoms with Crippen LogP contribution in [0.2, 0.25) is 0 Å². The maximum atomic E-state index is 11.4. The first-order valence-corrected chi connectivity index (χ1v) is 4.34. The SMILES string of the molecule is CCN/C=C/C(=O)c1ccccc1. The number of hydrogen-bond donors (Lipinski definition) is 1. The fourth-order valence-electron chi connectivity index (χ4n) is 0.951. The van der Waals surface area contributed by atoms with E-state index in [4.69, 9.17) is 0 Å². The van der Waals surface area contributed by atoms with Gasteiger partial charge in [-0.25, -0.2) is 0 Å². The van der Waals surface area contributed by atoms with Gasteiger partial charge in [-0.05, 0) is 6.92 Å². The van der Waals surface area contributed by atoms with E-state index in [1.165, 1.54) is 0 Å². The van der Waals surface area contributed by atoms with E-state index in [1.807, 2.05) is 25.1 Å². The van der Waals surface area contributed by atoms with E-state index in [9.17, 15) is 4.79 Å². The normalized spacial score (nSPS) is 10.2. The second-order valence-electron chi connectivity index (χ2n) is 2.62. The second kappa shape index (κ2) is 5.14. The molecule has 0 bridgehead atoms. The topological polar surface area (TPSA) is 29.1 Å². The van der Waals surface area contributed by atoms with Gasteiger partial charge in [-0.15, -0.1) is 0 Å². The molecule has 0 aliphatic rings. The van der Waals surface area contributed by atoms with Gasteiger partial charge >= 0.3 is 0 Å². The summed E-state index contributed by atoms with van der Waals surface area (Å²) in [4.78, 5) is 11.4. The molecule has 0 saturated heterocycles. The zero-order chi connectivity index (χ0) is 9.52. The Hall–Kier alpha value is -1.57. The van der Waals surface area contributed by atoms with Gasteiger partial charge in [0.15, 0.2) is 5.78 Å². The largest absolute Gasteiger partial charge is 0.391 e. The second-order valence-corrected chi connectivity index (χ2v) is 2.62. The third-order valence-corrected chi connectivity index (χ3v) is 1.61. The van der Waals surface area contributed by atoms with Gasteiger partial charge < -0.3 is 5.32 Å². The minimum atomic E-state index is 0.0292. The zero-order valence-corrected chi connectivity index (χ0v) is 7.66. The fourth-order valence-corrected chi connectivity index (χ4v) is 0.951. The van der Waals surface area contributed by atoms with Crippen LogP contribution in [0, 0.1) is 0 Å². The highest BCUT2D eigenvalue weighted by atomic mass is 16.1. The standard InChI is InChI=1S/C11H13NO/c1-2-12-9-8-11(13)10-6-4-3-5-7-10/h3-9,12H,2H2,1H3/b9-8+. The van der Waals surface area contributed by atoms with Crippen LogP contribution in [-0.4, -0.2) is 12.3 Å². The van der Waals surface area contributed by atoms with E-state index in [1.54, 1.807) is 24.4 Å². The summed E-state index contributed by atoms with van der Waals surface area (Å²) in [6.07, 6.45) is 3.22. The van der Waals surface area contributed by atoms with Crippen molar-refractivity contribution in [1.29, 1.82) is 0 Å². The lowest BCUT2D eigenvalue weighted by molar-refractivity contribution is 0.104. The van der Waals surface area contributed by atoms with E-state index in [0.717, 1.165) is 12.1 Å². The molecule has 2 heteroatoms. The van der Waals surface area contributed by atoms with E-state index in [0.29, 0.717) is 0 Å². The molecule has 0 atom stereocenters. The summed E-state index contributed by atoms with van der Waals surface area (Å²) in [5.74, 6) is 0.0292. The molecule has 2 nitrogen and oxygen atoms in total. The molecule has 0 aliphatic carbocycles. The predicted octanol–water partition coefficient (Wildman–Crippen LogP) is 1.99. The lowest BCUT2D eigenvalue weighted by atomic mass is 10.1. The lowest BCUT2D eigenvalue weighted by Gasteiger charge is -1.94. The van der Waals surface area contributed by atoms with Gasteiger partial charge in [-0.1, -0.05) is 30.3 Å². The minimum absolute atomic E-state index is 0.0292. The Balaban J connectivity index is 2.59. The van der Waals surface area contributed by atoms with Gasteiger partial charge in [0, 0.05) is 24.4 Å². The molecule has 0 unspecified atom stereocenters. The minimum Gasteiger partial charge on any atom is -0.391 e. The fraction of sp³-hybridized carbons (Fsp3) is 0.182. The van der Waals surface area contributed by atoms with Gasteiger partial charge in [-0.3, -0.25) is 4.79 Å². The Bertz CT molecular complexity index is 290. The van der Waals surface area contributed by atoms with Crippen molar-refractivity contribution in [2.75, 3.05) is 6.54 Å². The molecule has 1 aromatic rings. The average Bonchev–Trinajstić information content (AvgIpc) is 2.19. The quantitative estimate of drug-likeness (QED) is 0.560. The van der Waals surface area contributed by atoms with E-state index in [-0.39, 0.29) is 5.78 Å². The number of allylic oxidation sites excluding steroid dienone is 1. The van der Waals surface area contributed by atoms with Crippen LogP contribution in [0.1, 0.15) is 17.3 Å². The number of rotatable bonds is 4. The monoisotopic (exact) mass is 175 g/mol. The van der Waals surface area contributed by atoms with Gasteiger partial charge in [0.05, 0.1) is 0 Å². The Morgan fingerprint density at radius 2 is 2.08 bits per heavy atom. The van der Waals surface area contributed by atoms with Gasteiger partial charge in [0.25, 0.3) is 0 Å². The predicted molar refractivity (Wildman–Crippen MR) is 53.6 cm³/mol. The van der Waals surface area contributed by atoms with Crippen LogP contribution >= 0.6 is 0 Å². The molecule has 0 spiro atoms. The molecule has 0 aromatic heterocycles. The average molecular weight is 175 g/mol. The molecule has 13 heavy (non-hydrogen) atoms. The number of carbonyl (C=O) groups excluding carboxylic acids is 1. The summed E-state index contributed by atoms with van der Waals surface area (Å²) in [5.41, 5.74) is 0.719. The zero-order valence-electron chi connectivity index (χ0n) is 7.66. The summed E-state index contributed by atoms with van der Waals surface area (Å²) in [6, 6.07) is 9.21. The molecule has 0 aliphatic heterocycles. The Kier molecular flexibility index (Phi) is 3.76. The lowest BCUT2D eigenvalue weighted by Crippen LogP contribution is -2.03.